The molecule has 0 aromatic heterocycles. The monoisotopic (exact) mass is 376 g/mol. The maximum absolute atomic E-state index is 13.6. The SMILES string of the molecule is Cc1ccc(CNCc2ccc(S(=O)(=O)N3CCCCC3)cc2)cc1F. The molecule has 1 saturated heterocycles. The van der Waals surface area contributed by atoms with Gasteiger partial charge in [0.25, 0.3) is 0 Å². The van der Waals surface area contributed by atoms with Gasteiger partial charge in [-0.2, -0.15) is 4.31 Å². The first-order valence-electron chi connectivity index (χ1n) is 9.02. The lowest BCUT2D eigenvalue weighted by Crippen LogP contribution is -2.35. The lowest BCUT2D eigenvalue weighted by Gasteiger charge is -2.25. The van der Waals surface area contributed by atoms with Crippen molar-refractivity contribution in [2.75, 3.05) is 13.1 Å². The Kier molecular flexibility index (Phi) is 6.06. The average Bonchev–Trinajstić information content (AvgIpc) is 2.66. The van der Waals surface area contributed by atoms with Gasteiger partial charge in [-0.25, -0.2) is 12.8 Å². The van der Waals surface area contributed by atoms with Crippen molar-refractivity contribution in [2.45, 2.75) is 44.2 Å². The fraction of sp³-hybridized carbons (Fsp3) is 0.400. The van der Waals surface area contributed by atoms with Gasteiger partial charge in [-0.15, -0.1) is 0 Å². The molecule has 2 aromatic carbocycles. The summed E-state index contributed by atoms with van der Waals surface area (Å²) in [4.78, 5) is 0.351. The van der Waals surface area contributed by atoms with Gasteiger partial charge in [-0.3, -0.25) is 0 Å². The maximum atomic E-state index is 13.6. The molecule has 0 aliphatic carbocycles. The third-order valence-corrected chi connectivity index (χ3v) is 6.68. The predicted molar refractivity (Wildman–Crippen MR) is 101 cm³/mol. The highest BCUT2D eigenvalue weighted by Gasteiger charge is 2.25. The summed E-state index contributed by atoms with van der Waals surface area (Å²) >= 11 is 0. The van der Waals surface area contributed by atoms with Crippen molar-refractivity contribution >= 4 is 10.0 Å². The first-order valence-corrected chi connectivity index (χ1v) is 10.5. The Morgan fingerprint density at radius 2 is 1.58 bits per heavy atom. The zero-order valence-corrected chi connectivity index (χ0v) is 15.9. The highest BCUT2D eigenvalue weighted by atomic mass is 32.2. The van der Waals surface area contributed by atoms with Gasteiger partial charge in [0, 0.05) is 26.2 Å². The van der Waals surface area contributed by atoms with E-state index in [4.69, 9.17) is 0 Å². The van der Waals surface area contributed by atoms with Gasteiger partial charge in [-0.05, 0) is 54.7 Å². The minimum absolute atomic E-state index is 0.198. The molecule has 1 aliphatic heterocycles. The summed E-state index contributed by atoms with van der Waals surface area (Å²) in [5.74, 6) is -0.198. The normalized spacial score (nSPS) is 15.9. The van der Waals surface area contributed by atoms with Crippen molar-refractivity contribution in [3.63, 3.8) is 0 Å². The molecule has 6 heteroatoms. The number of benzene rings is 2. The summed E-state index contributed by atoms with van der Waals surface area (Å²) < 4.78 is 40.4. The standard InChI is InChI=1S/C20H25FN2O2S/c1-16-5-6-18(13-20(16)21)15-22-14-17-7-9-19(10-8-17)26(24,25)23-11-3-2-4-12-23/h5-10,13,22H,2-4,11-12,14-15H2,1H3. The first-order chi connectivity index (χ1) is 12.5. The third-order valence-electron chi connectivity index (χ3n) is 4.77. The fourth-order valence-electron chi connectivity index (χ4n) is 3.13. The first kappa shape index (κ1) is 19.0. The van der Waals surface area contributed by atoms with Crippen LogP contribution in [0, 0.1) is 12.7 Å². The van der Waals surface area contributed by atoms with Gasteiger partial charge in [0.05, 0.1) is 4.90 Å². The molecule has 1 fully saturated rings. The van der Waals surface area contributed by atoms with Crippen molar-refractivity contribution in [3.8, 4) is 0 Å². The van der Waals surface area contributed by atoms with Crippen LogP contribution in [-0.4, -0.2) is 25.8 Å². The molecule has 3 rings (SSSR count). The molecule has 26 heavy (non-hydrogen) atoms. The molecule has 0 unspecified atom stereocenters. The van der Waals surface area contributed by atoms with Crippen molar-refractivity contribution in [2.24, 2.45) is 0 Å². The summed E-state index contributed by atoms with van der Waals surface area (Å²) in [5, 5.41) is 3.26. The van der Waals surface area contributed by atoms with E-state index in [9.17, 15) is 12.8 Å². The summed E-state index contributed by atoms with van der Waals surface area (Å²) in [7, 11) is -3.38. The number of hydrogen-bond acceptors (Lipinski definition) is 3. The Labute approximate surface area is 155 Å². The van der Waals surface area contributed by atoms with E-state index in [1.54, 1.807) is 29.4 Å². The van der Waals surface area contributed by atoms with Crippen molar-refractivity contribution in [1.29, 1.82) is 0 Å². The molecule has 2 aromatic rings. The number of sulfonamides is 1. The molecule has 0 amide bonds. The van der Waals surface area contributed by atoms with Crippen molar-refractivity contribution in [1.82, 2.24) is 9.62 Å². The average molecular weight is 376 g/mol. The van der Waals surface area contributed by atoms with E-state index in [0.29, 0.717) is 36.6 Å². The van der Waals surface area contributed by atoms with Crippen molar-refractivity contribution < 1.29 is 12.8 Å². The van der Waals surface area contributed by atoms with Crippen LogP contribution in [-0.2, 0) is 23.1 Å². The van der Waals surface area contributed by atoms with E-state index in [2.05, 4.69) is 5.32 Å². The third kappa shape index (κ3) is 4.50. The molecule has 140 valence electrons. The van der Waals surface area contributed by atoms with E-state index in [0.717, 1.165) is 30.4 Å². The highest BCUT2D eigenvalue weighted by molar-refractivity contribution is 7.89. The summed E-state index contributed by atoms with van der Waals surface area (Å²) in [6.07, 6.45) is 2.96. The van der Waals surface area contributed by atoms with Crippen LogP contribution in [0.2, 0.25) is 0 Å². The van der Waals surface area contributed by atoms with Gasteiger partial charge >= 0.3 is 0 Å². The Morgan fingerprint density at radius 1 is 0.962 bits per heavy atom. The van der Waals surface area contributed by atoms with Crippen LogP contribution in [0.15, 0.2) is 47.4 Å². The molecular formula is C20H25FN2O2S. The molecule has 0 bridgehead atoms. The molecule has 0 saturated carbocycles. The number of nitrogens with one attached hydrogen (secondary N) is 1. The zero-order valence-electron chi connectivity index (χ0n) is 15.0. The van der Waals surface area contributed by atoms with Crippen LogP contribution in [0.5, 0.6) is 0 Å². The topological polar surface area (TPSA) is 49.4 Å². The number of rotatable bonds is 6. The second-order valence-electron chi connectivity index (χ2n) is 6.80. The van der Waals surface area contributed by atoms with E-state index >= 15 is 0 Å². The molecule has 0 radical (unpaired) electrons. The Morgan fingerprint density at radius 3 is 2.23 bits per heavy atom. The summed E-state index contributed by atoms with van der Waals surface area (Å²) in [5.41, 5.74) is 2.52. The number of hydrogen-bond donors (Lipinski definition) is 1. The number of halogens is 1. The van der Waals surface area contributed by atoms with Gasteiger partial charge < -0.3 is 5.32 Å². The minimum atomic E-state index is -3.38. The minimum Gasteiger partial charge on any atom is -0.309 e. The second kappa shape index (κ2) is 8.29. The predicted octanol–water partition coefficient (Wildman–Crippen LogP) is 3.60. The van der Waals surface area contributed by atoms with Crippen molar-refractivity contribution in [3.05, 3.63) is 65.0 Å². The molecule has 4 nitrogen and oxygen atoms in total. The van der Waals surface area contributed by atoms with Crippen LogP contribution in [0.4, 0.5) is 4.39 Å². The van der Waals surface area contributed by atoms with Gasteiger partial charge in [0.2, 0.25) is 10.0 Å². The molecule has 1 N–H and O–H groups in total. The highest BCUT2D eigenvalue weighted by Crippen LogP contribution is 2.21. The Hall–Kier alpha value is -1.76. The van der Waals surface area contributed by atoms with E-state index in [1.807, 2.05) is 18.2 Å². The van der Waals surface area contributed by atoms with Crippen LogP contribution >= 0.6 is 0 Å². The van der Waals surface area contributed by atoms with Crippen LogP contribution in [0.1, 0.15) is 36.0 Å². The fourth-order valence-corrected chi connectivity index (χ4v) is 4.65. The second-order valence-corrected chi connectivity index (χ2v) is 8.73. The summed E-state index contributed by atoms with van der Waals surface area (Å²) in [6, 6.07) is 12.2. The van der Waals surface area contributed by atoms with E-state index in [-0.39, 0.29) is 5.82 Å². The smallest absolute Gasteiger partial charge is 0.243 e. The molecular weight excluding hydrogens is 351 g/mol. The lowest BCUT2D eigenvalue weighted by atomic mass is 10.1. The molecule has 1 aliphatic rings. The van der Waals surface area contributed by atoms with Gasteiger partial charge in [0.1, 0.15) is 5.82 Å². The Bertz CT molecular complexity index is 845. The lowest BCUT2D eigenvalue weighted by molar-refractivity contribution is 0.346. The number of aryl methyl sites for hydroxylation is 1. The van der Waals surface area contributed by atoms with Crippen LogP contribution in [0.3, 0.4) is 0 Å². The van der Waals surface area contributed by atoms with E-state index in [1.165, 1.54) is 6.07 Å². The molecule has 0 atom stereocenters. The molecule has 0 spiro atoms. The summed E-state index contributed by atoms with van der Waals surface area (Å²) in [6.45, 7) is 4.12. The van der Waals surface area contributed by atoms with Crippen LogP contribution < -0.4 is 5.32 Å². The Balaban J connectivity index is 1.58. The van der Waals surface area contributed by atoms with Gasteiger partial charge in [0.15, 0.2) is 0 Å². The molecule has 1 heterocycles. The van der Waals surface area contributed by atoms with Crippen LogP contribution in [0.25, 0.3) is 0 Å². The number of piperidine rings is 1. The van der Waals surface area contributed by atoms with E-state index < -0.39 is 10.0 Å². The van der Waals surface area contributed by atoms with Gasteiger partial charge in [-0.1, -0.05) is 30.7 Å². The zero-order chi connectivity index (χ0) is 18.6. The maximum Gasteiger partial charge on any atom is 0.243 e. The largest absolute Gasteiger partial charge is 0.309 e. The number of nitrogens with zero attached hydrogens (tertiary/aromatic N) is 1. The quantitative estimate of drug-likeness (QED) is 0.838.